The van der Waals surface area contributed by atoms with Gasteiger partial charge in [0.2, 0.25) is 0 Å². The molecule has 2 saturated carbocycles. The summed E-state index contributed by atoms with van der Waals surface area (Å²) in [6.07, 6.45) is 4.38. The number of aliphatic carboxylic acids is 1. The second-order valence-electron chi connectivity index (χ2n) is 6.16. The average molecular weight is 270 g/mol. The van der Waals surface area contributed by atoms with Gasteiger partial charge in [-0.2, -0.15) is 0 Å². The molecule has 0 aliphatic heterocycles. The van der Waals surface area contributed by atoms with Crippen molar-refractivity contribution in [2.45, 2.75) is 44.2 Å². The van der Waals surface area contributed by atoms with Crippen LogP contribution in [0.3, 0.4) is 0 Å². The summed E-state index contributed by atoms with van der Waals surface area (Å²) in [5, 5.41) is 9.47. The summed E-state index contributed by atoms with van der Waals surface area (Å²) in [6, 6.07) is 0.399. The summed E-state index contributed by atoms with van der Waals surface area (Å²) in [6.45, 7) is 4.00. The summed E-state index contributed by atoms with van der Waals surface area (Å²) < 4.78 is 5.14. The number of nitrogens with two attached hydrogens (primary N) is 1. The van der Waals surface area contributed by atoms with Crippen molar-refractivity contribution in [3.05, 3.63) is 0 Å². The van der Waals surface area contributed by atoms with Crippen LogP contribution in [0.2, 0.25) is 0 Å². The largest absolute Gasteiger partial charge is 0.480 e. The Balaban J connectivity index is 2.01. The smallest absolute Gasteiger partial charge is 0.325 e. The van der Waals surface area contributed by atoms with Gasteiger partial charge in [0.15, 0.2) is 0 Å². The molecule has 19 heavy (non-hydrogen) atoms. The van der Waals surface area contributed by atoms with Crippen LogP contribution in [0.4, 0.5) is 0 Å². The van der Waals surface area contributed by atoms with Crippen LogP contribution in [0.1, 0.15) is 32.6 Å². The first-order valence-electron chi connectivity index (χ1n) is 7.24. The van der Waals surface area contributed by atoms with E-state index in [4.69, 9.17) is 10.5 Å². The highest BCUT2D eigenvalue weighted by atomic mass is 16.5. The zero-order valence-electron chi connectivity index (χ0n) is 12.0. The summed E-state index contributed by atoms with van der Waals surface area (Å²) >= 11 is 0. The maximum absolute atomic E-state index is 11.5. The molecule has 2 aliphatic rings. The maximum Gasteiger partial charge on any atom is 0.325 e. The van der Waals surface area contributed by atoms with Gasteiger partial charge in [-0.25, -0.2) is 0 Å². The molecule has 2 aliphatic carbocycles. The maximum atomic E-state index is 11.5. The van der Waals surface area contributed by atoms with Gasteiger partial charge in [-0.1, -0.05) is 0 Å². The first kappa shape index (κ1) is 14.8. The molecule has 5 heteroatoms. The van der Waals surface area contributed by atoms with Crippen molar-refractivity contribution in [3.8, 4) is 0 Å². The molecule has 0 aromatic rings. The molecular weight excluding hydrogens is 244 g/mol. The molecule has 2 rings (SSSR count). The molecule has 0 heterocycles. The van der Waals surface area contributed by atoms with E-state index in [1.807, 2.05) is 0 Å². The predicted octanol–water partition coefficient (Wildman–Crippen LogP) is 0.925. The van der Waals surface area contributed by atoms with Gasteiger partial charge in [-0.15, -0.1) is 0 Å². The predicted molar refractivity (Wildman–Crippen MR) is 72.9 cm³/mol. The number of carbonyl (C=O) groups is 1. The quantitative estimate of drug-likeness (QED) is 0.652. The highest BCUT2D eigenvalue weighted by molar-refractivity contribution is 5.79. The minimum atomic E-state index is -1.09. The Morgan fingerprint density at radius 1 is 1.47 bits per heavy atom. The topological polar surface area (TPSA) is 75.8 Å². The van der Waals surface area contributed by atoms with E-state index >= 15 is 0 Å². The lowest BCUT2D eigenvalue weighted by Crippen LogP contribution is -2.59. The van der Waals surface area contributed by atoms with Crippen LogP contribution in [0.15, 0.2) is 0 Å². The molecule has 3 N–H and O–H groups in total. The molecule has 2 atom stereocenters. The third kappa shape index (κ3) is 3.46. The van der Waals surface area contributed by atoms with Crippen molar-refractivity contribution in [1.29, 1.82) is 0 Å². The number of hydrogen-bond donors (Lipinski definition) is 2. The fraction of sp³-hybridized carbons (Fsp3) is 0.929. The summed E-state index contributed by atoms with van der Waals surface area (Å²) in [5.41, 5.74) is 5.11. The Labute approximate surface area is 115 Å². The van der Waals surface area contributed by atoms with Gasteiger partial charge in [0.25, 0.3) is 0 Å². The van der Waals surface area contributed by atoms with E-state index in [-0.39, 0.29) is 5.92 Å². The Hall–Kier alpha value is -0.650. The van der Waals surface area contributed by atoms with Crippen molar-refractivity contribution in [2.24, 2.45) is 17.6 Å². The van der Waals surface area contributed by atoms with E-state index in [1.165, 1.54) is 12.8 Å². The zero-order valence-corrected chi connectivity index (χ0v) is 12.0. The van der Waals surface area contributed by atoms with Gasteiger partial charge in [-0.3, -0.25) is 9.69 Å². The lowest BCUT2D eigenvalue weighted by atomic mass is 9.93. The van der Waals surface area contributed by atoms with Gasteiger partial charge >= 0.3 is 5.97 Å². The number of hydrogen-bond acceptors (Lipinski definition) is 4. The van der Waals surface area contributed by atoms with Crippen LogP contribution in [0.5, 0.6) is 0 Å². The second kappa shape index (κ2) is 5.77. The molecule has 0 amide bonds. The molecule has 0 aromatic heterocycles. The normalized spacial score (nSPS) is 24.2. The second-order valence-corrected chi connectivity index (χ2v) is 6.16. The van der Waals surface area contributed by atoms with Crippen LogP contribution in [0, 0.1) is 11.8 Å². The first-order valence-corrected chi connectivity index (χ1v) is 7.24. The molecule has 0 saturated heterocycles. The number of methoxy groups -OCH3 is 1. The third-order valence-electron chi connectivity index (χ3n) is 4.63. The van der Waals surface area contributed by atoms with Crippen molar-refractivity contribution >= 4 is 5.97 Å². The number of nitrogens with zero attached hydrogens (tertiary/aromatic N) is 1. The lowest BCUT2D eigenvalue weighted by molar-refractivity contribution is -0.145. The number of rotatable bonds is 9. The van der Waals surface area contributed by atoms with Crippen molar-refractivity contribution in [1.82, 2.24) is 4.90 Å². The van der Waals surface area contributed by atoms with E-state index in [2.05, 4.69) is 11.8 Å². The van der Waals surface area contributed by atoms with Gasteiger partial charge in [0, 0.05) is 26.2 Å². The van der Waals surface area contributed by atoms with Crippen LogP contribution >= 0.6 is 0 Å². The van der Waals surface area contributed by atoms with E-state index < -0.39 is 11.5 Å². The molecular formula is C14H26N2O3. The molecule has 0 radical (unpaired) electrons. The Morgan fingerprint density at radius 3 is 2.53 bits per heavy atom. The number of ether oxygens (including phenoxy) is 1. The highest BCUT2D eigenvalue weighted by Crippen LogP contribution is 2.41. The van der Waals surface area contributed by atoms with Crippen LogP contribution < -0.4 is 5.73 Å². The molecule has 2 unspecified atom stereocenters. The average Bonchev–Trinajstić information content (AvgIpc) is 3.23. The zero-order chi connectivity index (χ0) is 14.0. The van der Waals surface area contributed by atoms with Gasteiger partial charge in [0.1, 0.15) is 5.54 Å². The standard InChI is InChI=1S/C14H26N2O3/c1-10(11-3-4-11)16(7-8-19-2)9-14(15,13(17)18)12-5-6-12/h10-12H,3-9,15H2,1-2H3,(H,17,18). The molecule has 0 bridgehead atoms. The summed E-state index contributed by atoms with van der Waals surface area (Å²) in [4.78, 5) is 13.8. The Bertz CT molecular complexity index is 329. The van der Waals surface area contributed by atoms with Crippen LogP contribution in [-0.4, -0.2) is 54.4 Å². The molecule has 110 valence electrons. The lowest BCUT2D eigenvalue weighted by Gasteiger charge is -2.36. The van der Waals surface area contributed by atoms with Crippen molar-refractivity contribution < 1.29 is 14.6 Å². The Kier molecular flexibility index (Phi) is 4.48. The molecule has 2 fully saturated rings. The van der Waals surface area contributed by atoms with Crippen molar-refractivity contribution in [3.63, 3.8) is 0 Å². The van der Waals surface area contributed by atoms with Gasteiger partial charge < -0.3 is 15.6 Å². The molecule has 0 aromatic carbocycles. The van der Waals surface area contributed by atoms with Crippen molar-refractivity contribution in [2.75, 3.05) is 26.8 Å². The van der Waals surface area contributed by atoms with Gasteiger partial charge in [-0.05, 0) is 44.4 Å². The van der Waals surface area contributed by atoms with Crippen LogP contribution in [0.25, 0.3) is 0 Å². The summed E-state index contributed by atoms with van der Waals surface area (Å²) in [7, 11) is 1.67. The molecule has 0 spiro atoms. The summed E-state index contributed by atoms with van der Waals surface area (Å²) in [5.74, 6) is -0.0176. The van der Waals surface area contributed by atoms with Crippen LogP contribution in [-0.2, 0) is 9.53 Å². The minimum absolute atomic E-state index is 0.140. The SMILES string of the molecule is COCCN(CC(N)(C(=O)O)C1CC1)C(C)C1CC1. The number of carboxylic acids is 1. The van der Waals surface area contributed by atoms with E-state index in [9.17, 15) is 9.90 Å². The third-order valence-corrected chi connectivity index (χ3v) is 4.63. The Morgan fingerprint density at radius 2 is 2.11 bits per heavy atom. The number of carboxylic acid groups (broad SMARTS) is 1. The highest BCUT2D eigenvalue weighted by Gasteiger charge is 2.50. The molecule has 5 nitrogen and oxygen atoms in total. The van der Waals surface area contributed by atoms with E-state index in [0.717, 1.165) is 19.4 Å². The fourth-order valence-electron chi connectivity index (χ4n) is 2.82. The minimum Gasteiger partial charge on any atom is -0.480 e. The van der Waals surface area contributed by atoms with E-state index in [0.29, 0.717) is 25.1 Å². The monoisotopic (exact) mass is 270 g/mol. The first-order chi connectivity index (χ1) is 8.99. The fourth-order valence-corrected chi connectivity index (χ4v) is 2.82. The van der Waals surface area contributed by atoms with Gasteiger partial charge in [0.05, 0.1) is 6.61 Å². The van der Waals surface area contributed by atoms with E-state index in [1.54, 1.807) is 7.11 Å².